The lowest BCUT2D eigenvalue weighted by Crippen LogP contribution is -2.30. The molecule has 0 saturated heterocycles. The summed E-state index contributed by atoms with van der Waals surface area (Å²) in [7, 11) is 1.93. The molecule has 1 saturated carbocycles. The molecule has 0 aromatic rings. The molecule has 1 aliphatic carbocycles. The highest BCUT2D eigenvalue weighted by atomic mass is 14.9. The zero-order valence-corrected chi connectivity index (χ0v) is 9.53. The largest absolute Gasteiger partial charge is 0.320 e. The Kier molecular flexibility index (Phi) is 9.94. The summed E-state index contributed by atoms with van der Waals surface area (Å²) < 4.78 is 0. The molecule has 0 aromatic heterocycles. The summed E-state index contributed by atoms with van der Waals surface area (Å²) in [6.45, 7) is 6.47. The SMILES string of the molecule is CCNC.CCNC1CCCCC1. The zero-order valence-electron chi connectivity index (χ0n) is 9.53. The Hall–Kier alpha value is -0.0800. The summed E-state index contributed by atoms with van der Waals surface area (Å²) >= 11 is 0. The van der Waals surface area contributed by atoms with Crippen LogP contribution in [0.2, 0.25) is 0 Å². The van der Waals surface area contributed by atoms with E-state index in [9.17, 15) is 0 Å². The van der Waals surface area contributed by atoms with E-state index in [1.165, 1.54) is 32.1 Å². The van der Waals surface area contributed by atoms with E-state index in [1.54, 1.807) is 0 Å². The van der Waals surface area contributed by atoms with Crippen LogP contribution in [0.15, 0.2) is 0 Å². The number of hydrogen-bond donors (Lipinski definition) is 2. The second-order valence-corrected chi connectivity index (χ2v) is 3.60. The Morgan fingerprint density at radius 1 is 1.00 bits per heavy atom. The van der Waals surface area contributed by atoms with Crippen molar-refractivity contribution in [2.45, 2.75) is 52.0 Å². The van der Waals surface area contributed by atoms with E-state index in [1.807, 2.05) is 7.05 Å². The van der Waals surface area contributed by atoms with Gasteiger partial charge in [-0.3, -0.25) is 0 Å². The molecule has 0 aliphatic heterocycles. The minimum absolute atomic E-state index is 0.851. The normalized spacial score (nSPS) is 17.8. The van der Waals surface area contributed by atoms with Crippen molar-refractivity contribution in [3.63, 3.8) is 0 Å². The fraction of sp³-hybridized carbons (Fsp3) is 1.00. The van der Waals surface area contributed by atoms with Gasteiger partial charge in [-0.1, -0.05) is 33.1 Å². The fourth-order valence-corrected chi connectivity index (χ4v) is 1.60. The Morgan fingerprint density at radius 2 is 1.54 bits per heavy atom. The highest BCUT2D eigenvalue weighted by Crippen LogP contribution is 2.16. The highest BCUT2D eigenvalue weighted by molar-refractivity contribution is 4.70. The summed E-state index contributed by atoms with van der Waals surface area (Å²) in [6.07, 6.45) is 7.17. The lowest BCUT2D eigenvalue weighted by molar-refractivity contribution is 0.380. The molecule has 2 heteroatoms. The summed E-state index contributed by atoms with van der Waals surface area (Å²) in [5, 5.41) is 6.42. The molecule has 0 aromatic carbocycles. The van der Waals surface area contributed by atoms with Crippen LogP contribution in [0.25, 0.3) is 0 Å². The van der Waals surface area contributed by atoms with Crippen LogP contribution in [0.4, 0.5) is 0 Å². The maximum Gasteiger partial charge on any atom is 0.00669 e. The lowest BCUT2D eigenvalue weighted by atomic mass is 9.96. The molecule has 13 heavy (non-hydrogen) atoms. The average Bonchev–Trinajstić information content (AvgIpc) is 2.20. The molecular formula is C11H26N2. The molecule has 0 bridgehead atoms. The van der Waals surface area contributed by atoms with E-state index in [2.05, 4.69) is 24.5 Å². The first-order valence-corrected chi connectivity index (χ1v) is 5.73. The van der Waals surface area contributed by atoms with Gasteiger partial charge >= 0.3 is 0 Å². The van der Waals surface area contributed by atoms with E-state index >= 15 is 0 Å². The molecule has 80 valence electrons. The predicted octanol–water partition coefficient (Wildman–Crippen LogP) is 2.15. The van der Waals surface area contributed by atoms with Gasteiger partial charge in [0.15, 0.2) is 0 Å². The van der Waals surface area contributed by atoms with Crippen LogP contribution >= 0.6 is 0 Å². The molecule has 1 aliphatic rings. The second-order valence-electron chi connectivity index (χ2n) is 3.60. The standard InChI is InChI=1S/C8H17N.C3H9N/c1-2-9-8-6-4-3-5-7-8;1-3-4-2/h8-9H,2-7H2,1H3;4H,3H2,1-2H3. The molecule has 0 heterocycles. The Morgan fingerprint density at radius 3 is 1.92 bits per heavy atom. The van der Waals surface area contributed by atoms with Crippen LogP contribution in [0, 0.1) is 0 Å². The summed E-state index contributed by atoms with van der Waals surface area (Å²) in [5.41, 5.74) is 0. The maximum atomic E-state index is 3.48. The van der Waals surface area contributed by atoms with Crippen LogP contribution in [0.3, 0.4) is 0 Å². The van der Waals surface area contributed by atoms with Gasteiger partial charge in [-0.25, -0.2) is 0 Å². The van der Waals surface area contributed by atoms with Crippen LogP contribution in [-0.2, 0) is 0 Å². The zero-order chi connectivity index (χ0) is 9.94. The molecule has 2 N–H and O–H groups in total. The van der Waals surface area contributed by atoms with E-state index in [-0.39, 0.29) is 0 Å². The van der Waals surface area contributed by atoms with Crippen molar-refractivity contribution in [2.24, 2.45) is 0 Å². The van der Waals surface area contributed by atoms with Gasteiger partial charge in [-0.05, 0) is 33.0 Å². The molecule has 1 rings (SSSR count). The summed E-state index contributed by atoms with van der Waals surface area (Å²) in [6, 6.07) is 0.851. The van der Waals surface area contributed by atoms with Gasteiger partial charge in [0.1, 0.15) is 0 Å². The number of rotatable bonds is 3. The van der Waals surface area contributed by atoms with Crippen LogP contribution in [0.1, 0.15) is 46.0 Å². The second kappa shape index (κ2) is 10.0. The van der Waals surface area contributed by atoms with Crippen LogP contribution in [-0.4, -0.2) is 26.2 Å². The van der Waals surface area contributed by atoms with Crippen LogP contribution < -0.4 is 10.6 Å². The molecule has 0 atom stereocenters. The third kappa shape index (κ3) is 8.26. The summed E-state index contributed by atoms with van der Waals surface area (Å²) in [4.78, 5) is 0. The van der Waals surface area contributed by atoms with Crippen molar-refractivity contribution in [1.82, 2.24) is 10.6 Å². The van der Waals surface area contributed by atoms with E-state index < -0.39 is 0 Å². The van der Waals surface area contributed by atoms with Crippen molar-refractivity contribution in [2.75, 3.05) is 20.1 Å². The van der Waals surface area contributed by atoms with Crippen molar-refractivity contribution in [3.05, 3.63) is 0 Å². The maximum absolute atomic E-state index is 3.48. The minimum atomic E-state index is 0.851. The molecule has 0 radical (unpaired) electrons. The van der Waals surface area contributed by atoms with E-state index in [4.69, 9.17) is 0 Å². The Bertz CT molecular complexity index is 83.3. The van der Waals surface area contributed by atoms with Crippen molar-refractivity contribution < 1.29 is 0 Å². The van der Waals surface area contributed by atoms with Gasteiger partial charge in [0, 0.05) is 6.04 Å². The molecule has 0 unspecified atom stereocenters. The monoisotopic (exact) mass is 186 g/mol. The third-order valence-electron chi connectivity index (χ3n) is 2.45. The topological polar surface area (TPSA) is 24.1 Å². The first-order chi connectivity index (χ1) is 6.35. The van der Waals surface area contributed by atoms with Gasteiger partial charge in [-0.15, -0.1) is 0 Å². The fourth-order valence-electron chi connectivity index (χ4n) is 1.60. The van der Waals surface area contributed by atoms with Gasteiger partial charge in [0.05, 0.1) is 0 Å². The Balaban J connectivity index is 0.000000310. The van der Waals surface area contributed by atoms with E-state index in [0.717, 1.165) is 19.1 Å². The molecule has 2 nitrogen and oxygen atoms in total. The molecular weight excluding hydrogens is 160 g/mol. The van der Waals surface area contributed by atoms with Gasteiger partial charge in [-0.2, -0.15) is 0 Å². The van der Waals surface area contributed by atoms with Gasteiger partial charge in [0.2, 0.25) is 0 Å². The smallest absolute Gasteiger partial charge is 0.00669 e. The van der Waals surface area contributed by atoms with Crippen molar-refractivity contribution in [3.8, 4) is 0 Å². The predicted molar refractivity (Wildman–Crippen MR) is 60.2 cm³/mol. The minimum Gasteiger partial charge on any atom is -0.320 e. The lowest BCUT2D eigenvalue weighted by Gasteiger charge is -2.21. The van der Waals surface area contributed by atoms with Gasteiger partial charge < -0.3 is 10.6 Å². The average molecular weight is 186 g/mol. The highest BCUT2D eigenvalue weighted by Gasteiger charge is 2.10. The molecule has 1 fully saturated rings. The summed E-state index contributed by atoms with van der Waals surface area (Å²) in [5.74, 6) is 0. The number of hydrogen-bond acceptors (Lipinski definition) is 2. The van der Waals surface area contributed by atoms with Crippen molar-refractivity contribution in [1.29, 1.82) is 0 Å². The Labute approximate surface area is 83.5 Å². The van der Waals surface area contributed by atoms with E-state index in [0.29, 0.717) is 0 Å². The first kappa shape index (κ1) is 12.9. The number of nitrogens with one attached hydrogen (secondary N) is 2. The quantitative estimate of drug-likeness (QED) is 0.706. The molecule has 0 spiro atoms. The third-order valence-corrected chi connectivity index (χ3v) is 2.45. The van der Waals surface area contributed by atoms with Crippen LogP contribution in [0.5, 0.6) is 0 Å². The van der Waals surface area contributed by atoms with Crippen molar-refractivity contribution >= 4 is 0 Å². The molecule has 0 amide bonds. The van der Waals surface area contributed by atoms with Gasteiger partial charge in [0.25, 0.3) is 0 Å². The first-order valence-electron chi connectivity index (χ1n) is 5.73.